The molecule has 0 unspecified atom stereocenters. The number of hydrogen-bond donors (Lipinski definition) is 1. The minimum absolute atomic E-state index is 0.0475. The smallest absolute Gasteiger partial charge is 0.333 e. The van der Waals surface area contributed by atoms with Gasteiger partial charge in [0.15, 0.2) is 5.75 Å². The molecule has 2 rings (SSSR count). The Labute approximate surface area is 106 Å². The fourth-order valence-electron chi connectivity index (χ4n) is 2.39. The van der Waals surface area contributed by atoms with E-state index < -0.39 is 0 Å². The second-order valence-corrected chi connectivity index (χ2v) is 4.47. The van der Waals surface area contributed by atoms with Crippen LogP contribution in [0.1, 0.15) is 32.6 Å². The quantitative estimate of drug-likeness (QED) is 0.643. The molecule has 0 spiro atoms. The van der Waals surface area contributed by atoms with E-state index in [1.807, 2.05) is 6.92 Å². The van der Waals surface area contributed by atoms with Crippen LogP contribution in [0.2, 0.25) is 0 Å². The zero-order valence-electron chi connectivity index (χ0n) is 10.5. The Morgan fingerprint density at radius 2 is 2.17 bits per heavy atom. The van der Waals surface area contributed by atoms with E-state index in [2.05, 4.69) is 5.32 Å². The first kappa shape index (κ1) is 12.7. The Morgan fingerprint density at radius 3 is 2.78 bits per heavy atom. The Bertz CT molecular complexity index is 428. The van der Waals surface area contributed by atoms with Crippen LogP contribution in [0.4, 0.5) is 11.4 Å². The van der Waals surface area contributed by atoms with E-state index in [0.29, 0.717) is 24.1 Å². The van der Waals surface area contributed by atoms with E-state index in [1.165, 1.54) is 12.8 Å². The molecule has 1 aliphatic rings. The molecular weight excluding hydrogens is 232 g/mol. The Hall–Kier alpha value is -1.78. The van der Waals surface area contributed by atoms with Gasteiger partial charge < -0.3 is 10.1 Å². The molecule has 1 aliphatic carbocycles. The van der Waals surface area contributed by atoms with Crippen molar-refractivity contribution in [2.24, 2.45) is 0 Å². The average molecular weight is 250 g/mol. The van der Waals surface area contributed by atoms with Crippen LogP contribution >= 0.6 is 0 Å². The van der Waals surface area contributed by atoms with Crippen molar-refractivity contribution in [3.8, 4) is 5.75 Å². The van der Waals surface area contributed by atoms with Gasteiger partial charge in [0.05, 0.1) is 11.5 Å². The van der Waals surface area contributed by atoms with E-state index in [4.69, 9.17) is 4.74 Å². The SMILES string of the molecule is CCOc1cccc(NC2CCCC2)c1[N+](=O)[O-]. The maximum atomic E-state index is 11.2. The molecule has 0 heterocycles. The predicted molar refractivity (Wildman–Crippen MR) is 70.1 cm³/mol. The number of nitrogens with one attached hydrogen (secondary N) is 1. The van der Waals surface area contributed by atoms with Gasteiger partial charge in [-0.1, -0.05) is 18.9 Å². The lowest BCUT2D eigenvalue weighted by Gasteiger charge is -2.15. The summed E-state index contributed by atoms with van der Waals surface area (Å²) in [5.74, 6) is 0.338. The zero-order valence-corrected chi connectivity index (χ0v) is 10.5. The number of nitro groups is 1. The molecule has 0 saturated heterocycles. The van der Waals surface area contributed by atoms with Gasteiger partial charge in [-0.05, 0) is 31.9 Å². The number of nitro benzene ring substituents is 1. The van der Waals surface area contributed by atoms with Crippen molar-refractivity contribution in [1.29, 1.82) is 0 Å². The highest BCUT2D eigenvalue weighted by atomic mass is 16.6. The number of benzene rings is 1. The summed E-state index contributed by atoms with van der Waals surface area (Å²) in [6.45, 7) is 2.24. The van der Waals surface area contributed by atoms with E-state index >= 15 is 0 Å². The highest BCUT2D eigenvalue weighted by Gasteiger charge is 2.24. The molecule has 0 atom stereocenters. The van der Waals surface area contributed by atoms with Gasteiger partial charge in [0.25, 0.3) is 0 Å². The van der Waals surface area contributed by atoms with Crippen molar-refractivity contribution in [3.05, 3.63) is 28.3 Å². The minimum Gasteiger partial charge on any atom is -0.487 e. The molecule has 1 aromatic carbocycles. The van der Waals surface area contributed by atoms with E-state index in [9.17, 15) is 10.1 Å². The summed E-state index contributed by atoms with van der Waals surface area (Å²) in [7, 11) is 0. The van der Waals surface area contributed by atoms with Crippen LogP contribution in [0.3, 0.4) is 0 Å². The highest BCUT2D eigenvalue weighted by molar-refractivity contribution is 5.68. The second-order valence-electron chi connectivity index (χ2n) is 4.47. The van der Waals surface area contributed by atoms with Crippen molar-refractivity contribution in [3.63, 3.8) is 0 Å². The number of anilines is 1. The topological polar surface area (TPSA) is 64.4 Å². The van der Waals surface area contributed by atoms with E-state index in [0.717, 1.165) is 12.8 Å². The second kappa shape index (κ2) is 5.71. The standard InChI is InChI=1S/C13H18N2O3/c1-2-18-12-9-5-8-11(13(12)15(16)17)14-10-6-3-4-7-10/h5,8-10,14H,2-4,6-7H2,1H3. The van der Waals surface area contributed by atoms with Crippen molar-refractivity contribution >= 4 is 11.4 Å². The maximum Gasteiger partial charge on any atom is 0.333 e. The number of rotatable bonds is 5. The van der Waals surface area contributed by atoms with Crippen LogP contribution in [0.25, 0.3) is 0 Å². The molecule has 0 amide bonds. The monoisotopic (exact) mass is 250 g/mol. The molecule has 0 bridgehead atoms. The summed E-state index contributed by atoms with van der Waals surface area (Å²) in [5.41, 5.74) is 0.615. The molecule has 1 aromatic rings. The lowest BCUT2D eigenvalue weighted by molar-refractivity contribution is -0.385. The summed E-state index contributed by atoms with van der Waals surface area (Å²) in [5, 5.41) is 14.4. The summed E-state index contributed by atoms with van der Waals surface area (Å²) in [4.78, 5) is 10.8. The molecule has 1 saturated carbocycles. The highest BCUT2D eigenvalue weighted by Crippen LogP contribution is 2.36. The Balaban J connectivity index is 2.26. The van der Waals surface area contributed by atoms with Gasteiger partial charge in [-0.15, -0.1) is 0 Å². The fourth-order valence-corrected chi connectivity index (χ4v) is 2.39. The summed E-state index contributed by atoms with van der Waals surface area (Å²) in [6.07, 6.45) is 4.54. The van der Waals surface area contributed by atoms with Crippen molar-refractivity contribution in [2.45, 2.75) is 38.6 Å². The molecule has 98 valence electrons. The first-order valence-electron chi connectivity index (χ1n) is 6.39. The van der Waals surface area contributed by atoms with Gasteiger partial charge in [-0.2, -0.15) is 0 Å². The Kier molecular flexibility index (Phi) is 4.02. The van der Waals surface area contributed by atoms with Crippen LogP contribution in [0, 0.1) is 10.1 Å². The van der Waals surface area contributed by atoms with Crippen LogP contribution in [-0.4, -0.2) is 17.6 Å². The lowest BCUT2D eigenvalue weighted by atomic mass is 10.2. The van der Waals surface area contributed by atoms with Crippen molar-refractivity contribution < 1.29 is 9.66 Å². The summed E-state index contributed by atoms with van der Waals surface area (Å²) in [6, 6.07) is 5.52. The average Bonchev–Trinajstić information content (AvgIpc) is 2.82. The van der Waals surface area contributed by atoms with Crippen LogP contribution in [-0.2, 0) is 0 Å². The van der Waals surface area contributed by atoms with E-state index in [1.54, 1.807) is 18.2 Å². The van der Waals surface area contributed by atoms with Gasteiger partial charge in [0.2, 0.25) is 0 Å². The predicted octanol–water partition coefficient (Wildman–Crippen LogP) is 3.35. The number of nitrogens with zero attached hydrogens (tertiary/aromatic N) is 1. The van der Waals surface area contributed by atoms with Crippen molar-refractivity contribution in [1.82, 2.24) is 0 Å². The van der Waals surface area contributed by atoms with Gasteiger partial charge in [-0.25, -0.2) is 0 Å². The lowest BCUT2D eigenvalue weighted by Crippen LogP contribution is -2.15. The van der Waals surface area contributed by atoms with Gasteiger partial charge in [0, 0.05) is 6.04 Å². The minimum atomic E-state index is -0.373. The molecule has 1 fully saturated rings. The molecule has 5 nitrogen and oxygen atoms in total. The normalized spacial score (nSPS) is 15.6. The van der Waals surface area contributed by atoms with Gasteiger partial charge in [0.1, 0.15) is 5.69 Å². The molecule has 5 heteroatoms. The van der Waals surface area contributed by atoms with Gasteiger partial charge in [-0.3, -0.25) is 10.1 Å². The number of hydrogen-bond acceptors (Lipinski definition) is 4. The third-order valence-electron chi connectivity index (χ3n) is 3.20. The van der Waals surface area contributed by atoms with Gasteiger partial charge >= 0.3 is 5.69 Å². The largest absolute Gasteiger partial charge is 0.487 e. The van der Waals surface area contributed by atoms with E-state index in [-0.39, 0.29) is 10.6 Å². The Morgan fingerprint density at radius 1 is 1.44 bits per heavy atom. The fraction of sp³-hybridized carbons (Fsp3) is 0.538. The molecule has 1 N–H and O–H groups in total. The first-order valence-corrected chi connectivity index (χ1v) is 6.39. The number of ether oxygens (including phenoxy) is 1. The van der Waals surface area contributed by atoms with Crippen LogP contribution in [0.15, 0.2) is 18.2 Å². The zero-order chi connectivity index (χ0) is 13.0. The molecule has 0 radical (unpaired) electrons. The molecule has 0 aromatic heterocycles. The first-order chi connectivity index (χ1) is 8.72. The third kappa shape index (κ3) is 2.72. The van der Waals surface area contributed by atoms with Crippen LogP contribution < -0.4 is 10.1 Å². The molecule has 0 aliphatic heterocycles. The van der Waals surface area contributed by atoms with Crippen LogP contribution in [0.5, 0.6) is 5.75 Å². The number of para-hydroxylation sites is 1. The summed E-state index contributed by atoms with van der Waals surface area (Å²) >= 11 is 0. The third-order valence-corrected chi connectivity index (χ3v) is 3.20. The molecule has 18 heavy (non-hydrogen) atoms. The molecular formula is C13H18N2O3. The van der Waals surface area contributed by atoms with Crippen molar-refractivity contribution in [2.75, 3.05) is 11.9 Å². The summed E-state index contributed by atoms with van der Waals surface area (Å²) < 4.78 is 5.32. The maximum absolute atomic E-state index is 11.2.